The highest BCUT2D eigenvalue weighted by molar-refractivity contribution is 5.96. The summed E-state index contributed by atoms with van der Waals surface area (Å²) < 4.78 is 5.78. The Balaban J connectivity index is 1.54. The summed E-state index contributed by atoms with van der Waals surface area (Å²) in [5, 5.41) is 2.92. The van der Waals surface area contributed by atoms with Gasteiger partial charge >= 0.3 is 5.97 Å². The van der Waals surface area contributed by atoms with Crippen LogP contribution in [0.5, 0.6) is 0 Å². The Morgan fingerprint density at radius 1 is 1.00 bits per heavy atom. The molecule has 0 radical (unpaired) electrons. The van der Waals surface area contributed by atoms with Gasteiger partial charge in [0.1, 0.15) is 0 Å². The number of rotatable bonds is 5. The number of aryl methyl sites for hydroxylation is 2. The van der Waals surface area contributed by atoms with E-state index in [-0.39, 0.29) is 23.7 Å². The summed E-state index contributed by atoms with van der Waals surface area (Å²) in [5.74, 6) is -0.0296. The van der Waals surface area contributed by atoms with Gasteiger partial charge in [0.05, 0.1) is 5.92 Å². The molecule has 1 fully saturated rings. The minimum absolute atomic E-state index is 0.143. The van der Waals surface area contributed by atoms with Crippen molar-refractivity contribution in [2.24, 2.45) is 17.8 Å². The van der Waals surface area contributed by atoms with Crippen molar-refractivity contribution < 1.29 is 14.3 Å². The Bertz CT molecular complexity index is 898. The quantitative estimate of drug-likeness (QED) is 0.607. The maximum atomic E-state index is 13.0. The van der Waals surface area contributed by atoms with Crippen molar-refractivity contribution in [1.82, 2.24) is 0 Å². The second-order valence-electron chi connectivity index (χ2n) is 7.98. The van der Waals surface area contributed by atoms with E-state index in [9.17, 15) is 9.59 Å². The summed E-state index contributed by atoms with van der Waals surface area (Å²) in [6.45, 7) is 3.97. The lowest BCUT2D eigenvalue weighted by Gasteiger charge is -2.22. The monoisotopic (exact) mass is 375 g/mol. The molecule has 0 aromatic heterocycles. The Kier molecular flexibility index (Phi) is 5.03. The molecule has 0 aliphatic heterocycles. The van der Waals surface area contributed by atoms with Crippen molar-refractivity contribution in [3.05, 3.63) is 77.4 Å². The SMILES string of the molecule is Cc1cc(C)cc(NC(=O)C(OC(=O)C2CC3C=CC2C3)c2ccccc2)c1. The van der Waals surface area contributed by atoms with E-state index in [1.165, 1.54) is 0 Å². The lowest BCUT2D eigenvalue weighted by molar-refractivity contribution is -0.159. The van der Waals surface area contributed by atoms with Crippen LogP contribution >= 0.6 is 0 Å². The summed E-state index contributed by atoms with van der Waals surface area (Å²) in [5.41, 5.74) is 3.52. The number of fused-ring (bicyclic) bond motifs is 2. The molecular formula is C24H25NO3. The molecule has 4 nitrogen and oxygen atoms in total. The molecule has 1 saturated carbocycles. The summed E-state index contributed by atoms with van der Waals surface area (Å²) in [4.78, 5) is 25.9. The molecule has 4 heteroatoms. The summed E-state index contributed by atoms with van der Waals surface area (Å²) in [7, 11) is 0. The normalized spacial score (nSPS) is 23.4. The van der Waals surface area contributed by atoms with Gasteiger partial charge < -0.3 is 10.1 Å². The van der Waals surface area contributed by atoms with Gasteiger partial charge in [0.25, 0.3) is 5.91 Å². The minimum atomic E-state index is -0.961. The molecule has 28 heavy (non-hydrogen) atoms. The van der Waals surface area contributed by atoms with Gasteiger partial charge in [-0.25, -0.2) is 0 Å². The number of carbonyl (C=O) groups is 2. The zero-order valence-electron chi connectivity index (χ0n) is 16.2. The number of nitrogens with one attached hydrogen (secondary N) is 1. The molecule has 2 aliphatic carbocycles. The molecule has 1 N–H and O–H groups in total. The Morgan fingerprint density at radius 3 is 2.32 bits per heavy atom. The maximum Gasteiger partial charge on any atom is 0.310 e. The van der Waals surface area contributed by atoms with Crippen molar-refractivity contribution in [2.45, 2.75) is 32.8 Å². The molecule has 0 saturated heterocycles. The van der Waals surface area contributed by atoms with Gasteiger partial charge in [0.15, 0.2) is 0 Å². The summed E-state index contributed by atoms with van der Waals surface area (Å²) in [6.07, 6.45) is 5.19. The third kappa shape index (κ3) is 3.86. The van der Waals surface area contributed by atoms with Crippen LogP contribution in [0.15, 0.2) is 60.7 Å². The Labute approximate surface area is 165 Å². The molecule has 4 atom stereocenters. The number of esters is 1. The van der Waals surface area contributed by atoms with E-state index in [1.807, 2.05) is 62.4 Å². The molecule has 1 amide bonds. The van der Waals surface area contributed by atoms with Gasteiger partial charge in [-0.1, -0.05) is 48.6 Å². The van der Waals surface area contributed by atoms with E-state index in [2.05, 4.69) is 17.5 Å². The topological polar surface area (TPSA) is 55.4 Å². The van der Waals surface area contributed by atoms with Gasteiger partial charge in [0.2, 0.25) is 6.10 Å². The highest BCUT2D eigenvalue weighted by Gasteiger charge is 2.42. The van der Waals surface area contributed by atoms with Gasteiger partial charge in [-0.3, -0.25) is 9.59 Å². The number of amides is 1. The predicted octanol–water partition coefficient (Wildman–Crippen LogP) is 4.74. The number of allylic oxidation sites excluding steroid dienone is 2. The first-order chi connectivity index (χ1) is 13.5. The molecular weight excluding hydrogens is 350 g/mol. The number of hydrogen-bond acceptors (Lipinski definition) is 3. The Morgan fingerprint density at radius 2 is 1.71 bits per heavy atom. The van der Waals surface area contributed by atoms with Crippen molar-refractivity contribution in [3.8, 4) is 0 Å². The van der Waals surface area contributed by atoms with Gasteiger partial charge in [0, 0.05) is 11.3 Å². The van der Waals surface area contributed by atoms with E-state index < -0.39 is 6.10 Å². The second kappa shape index (κ2) is 7.63. The van der Waals surface area contributed by atoms with Crippen LogP contribution in [0.2, 0.25) is 0 Å². The first-order valence-electron chi connectivity index (χ1n) is 9.82. The van der Waals surface area contributed by atoms with E-state index in [1.54, 1.807) is 0 Å². The van der Waals surface area contributed by atoms with Gasteiger partial charge in [-0.2, -0.15) is 0 Å². The molecule has 0 heterocycles. The number of anilines is 1. The molecule has 4 rings (SSSR count). The van der Waals surface area contributed by atoms with Crippen LogP contribution in [0.3, 0.4) is 0 Å². The van der Waals surface area contributed by atoms with E-state index in [0.717, 1.165) is 24.0 Å². The van der Waals surface area contributed by atoms with E-state index >= 15 is 0 Å². The lowest BCUT2D eigenvalue weighted by Crippen LogP contribution is -2.30. The molecule has 2 bridgehead atoms. The smallest absolute Gasteiger partial charge is 0.310 e. The predicted molar refractivity (Wildman–Crippen MR) is 109 cm³/mol. The van der Waals surface area contributed by atoms with Crippen LogP contribution in [0.25, 0.3) is 0 Å². The van der Waals surface area contributed by atoms with Gasteiger partial charge in [-0.05, 0) is 61.8 Å². The average molecular weight is 375 g/mol. The minimum Gasteiger partial charge on any atom is -0.447 e. The van der Waals surface area contributed by atoms with E-state index in [0.29, 0.717) is 17.2 Å². The zero-order chi connectivity index (χ0) is 19.7. The average Bonchev–Trinajstić information content (AvgIpc) is 3.29. The first-order valence-corrected chi connectivity index (χ1v) is 9.82. The molecule has 4 unspecified atom stereocenters. The fraction of sp³-hybridized carbons (Fsp3) is 0.333. The molecule has 0 spiro atoms. The maximum absolute atomic E-state index is 13.0. The highest BCUT2D eigenvalue weighted by Crippen LogP contribution is 2.44. The highest BCUT2D eigenvalue weighted by atomic mass is 16.5. The van der Waals surface area contributed by atoms with Crippen molar-refractivity contribution in [1.29, 1.82) is 0 Å². The summed E-state index contributed by atoms with van der Waals surface area (Å²) in [6, 6.07) is 15.1. The third-order valence-electron chi connectivity index (χ3n) is 5.65. The molecule has 2 aromatic carbocycles. The number of benzene rings is 2. The number of carbonyl (C=O) groups excluding carboxylic acids is 2. The zero-order valence-corrected chi connectivity index (χ0v) is 16.2. The number of hydrogen-bond donors (Lipinski definition) is 1. The number of ether oxygens (including phenoxy) is 1. The molecule has 2 aromatic rings. The molecule has 144 valence electrons. The lowest BCUT2D eigenvalue weighted by atomic mass is 9.93. The standard InChI is InChI=1S/C24H25NO3/c1-15-10-16(2)12-20(11-15)25-23(26)22(18-6-4-3-5-7-18)28-24(27)21-14-17-8-9-19(21)13-17/h3-12,17,19,21-22H,13-14H2,1-2H3,(H,25,26). The van der Waals surface area contributed by atoms with Crippen LogP contribution < -0.4 is 5.32 Å². The van der Waals surface area contributed by atoms with Crippen molar-refractivity contribution in [2.75, 3.05) is 5.32 Å². The van der Waals surface area contributed by atoms with Crippen molar-refractivity contribution >= 4 is 17.6 Å². The van der Waals surface area contributed by atoms with Gasteiger partial charge in [-0.15, -0.1) is 0 Å². The van der Waals surface area contributed by atoms with Crippen LogP contribution in [0, 0.1) is 31.6 Å². The van der Waals surface area contributed by atoms with Crippen LogP contribution in [-0.2, 0) is 14.3 Å². The first kappa shape index (κ1) is 18.5. The largest absolute Gasteiger partial charge is 0.447 e. The van der Waals surface area contributed by atoms with Crippen molar-refractivity contribution in [3.63, 3.8) is 0 Å². The van der Waals surface area contributed by atoms with Crippen LogP contribution in [-0.4, -0.2) is 11.9 Å². The fourth-order valence-electron chi connectivity index (χ4n) is 4.41. The van der Waals surface area contributed by atoms with E-state index in [4.69, 9.17) is 4.74 Å². The van der Waals surface area contributed by atoms with Crippen LogP contribution in [0.4, 0.5) is 5.69 Å². The van der Waals surface area contributed by atoms with Crippen LogP contribution in [0.1, 0.15) is 35.6 Å². The third-order valence-corrected chi connectivity index (χ3v) is 5.65. The second-order valence-corrected chi connectivity index (χ2v) is 7.98. The summed E-state index contributed by atoms with van der Waals surface area (Å²) >= 11 is 0. The Hall–Kier alpha value is -2.88. The fourth-order valence-corrected chi connectivity index (χ4v) is 4.41. The molecule has 2 aliphatic rings.